The summed E-state index contributed by atoms with van der Waals surface area (Å²) in [5.74, 6) is -0.763. The highest BCUT2D eigenvalue weighted by molar-refractivity contribution is 5.76. The number of anilines is 1. The lowest BCUT2D eigenvalue weighted by Gasteiger charge is -2.06. The fraction of sp³-hybridized carbons (Fsp3) is 0.467. The SMILES string of the molecule is Nc1ccccc1CCC(=O)NCCCCCC(=O)O. The molecule has 0 radical (unpaired) electrons. The Hall–Kier alpha value is -2.04. The van der Waals surface area contributed by atoms with Gasteiger partial charge in [0.2, 0.25) is 5.91 Å². The minimum atomic E-state index is -0.769. The lowest BCUT2D eigenvalue weighted by molar-refractivity contribution is -0.137. The van der Waals surface area contributed by atoms with Crippen LogP contribution in [0.15, 0.2) is 24.3 Å². The van der Waals surface area contributed by atoms with Gasteiger partial charge < -0.3 is 16.2 Å². The lowest BCUT2D eigenvalue weighted by atomic mass is 10.1. The van der Waals surface area contributed by atoms with Crippen LogP contribution in [0.4, 0.5) is 5.69 Å². The molecule has 20 heavy (non-hydrogen) atoms. The molecule has 5 nitrogen and oxygen atoms in total. The molecule has 5 heteroatoms. The number of aryl methyl sites for hydroxylation is 1. The van der Waals surface area contributed by atoms with E-state index in [2.05, 4.69) is 5.32 Å². The standard InChI is InChI=1S/C15H22N2O3/c16-13-7-4-3-6-12(13)9-10-14(18)17-11-5-1-2-8-15(19)20/h3-4,6-7H,1-2,5,8-11,16H2,(H,17,18)(H,19,20). The Bertz CT molecular complexity index is 446. The van der Waals surface area contributed by atoms with Crippen molar-refractivity contribution in [3.63, 3.8) is 0 Å². The highest BCUT2D eigenvalue weighted by atomic mass is 16.4. The van der Waals surface area contributed by atoms with Crippen LogP contribution >= 0.6 is 0 Å². The van der Waals surface area contributed by atoms with Crippen molar-refractivity contribution in [1.29, 1.82) is 0 Å². The zero-order chi connectivity index (χ0) is 14.8. The van der Waals surface area contributed by atoms with Gasteiger partial charge in [-0.15, -0.1) is 0 Å². The summed E-state index contributed by atoms with van der Waals surface area (Å²) in [4.78, 5) is 21.9. The molecule has 0 atom stereocenters. The molecule has 0 aliphatic heterocycles. The number of para-hydroxylation sites is 1. The Morgan fingerprint density at radius 3 is 2.55 bits per heavy atom. The predicted octanol–water partition coefficient (Wildman–Crippen LogP) is 1.96. The Balaban J connectivity index is 2.09. The molecule has 1 aromatic carbocycles. The van der Waals surface area contributed by atoms with Crippen LogP contribution in [0, 0.1) is 0 Å². The molecule has 0 aromatic heterocycles. The van der Waals surface area contributed by atoms with Gasteiger partial charge in [-0.1, -0.05) is 24.6 Å². The summed E-state index contributed by atoms with van der Waals surface area (Å²) in [5, 5.41) is 11.3. The first-order chi connectivity index (χ1) is 9.59. The van der Waals surface area contributed by atoms with Crippen LogP contribution in [0.3, 0.4) is 0 Å². The van der Waals surface area contributed by atoms with Crippen molar-refractivity contribution in [2.45, 2.75) is 38.5 Å². The van der Waals surface area contributed by atoms with Gasteiger partial charge in [0.05, 0.1) is 0 Å². The summed E-state index contributed by atoms with van der Waals surface area (Å²) in [6.45, 7) is 0.600. The minimum Gasteiger partial charge on any atom is -0.481 e. The molecule has 4 N–H and O–H groups in total. The first-order valence-corrected chi connectivity index (χ1v) is 6.91. The quantitative estimate of drug-likeness (QED) is 0.475. The topological polar surface area (TPSA) is 92.4 Å². The summed E-state index contributed by atoms with van der Waals surface area (Å²) in [5.41, 5.74) is 7.51. The average Bonchev–Trinajstić information content (AvgIpc) is 2.41. The number of carbonyl (C=O) groups excluding carboxylic acids is 1. The second kappa shape index (κ2) is 8.96. The highest BCUT2D eigenvalue weighted by Gasteiger charge is 2.04. The molecule has 0 fully saturated rings. The van der Waals surface area contributed by atoms with E-state index < -0.39 is 5.97 Å². The van der Waals surface area contributed by atoms with Gasteiger partial charge in [-0.05, 0) is 30.9 Å². The fourth-order valence-corrected chi connectivity index (χ4v) is 1.90. The molecule has 0 saturated heterocycles. The van der Waals surface area contributed by atoms with Crippen molar-refractivity contribution in [1.82, 2.24) is 5.32 Å². The number of nitrogens with one attached hydrogen (secondary N) is 1. The number of rotatable bonds is 9. The fourth-order valence-electron chi connectivity index (χ4n) is 1.90. The first-order valence-electron chi connectivity index (χ1n) is 6.91. The molecule has 0 saturated carbocycles. The van der Waals surface area contributed by atoms with E-state index in [9.17, 15) is 9.59 Å². The number of nitrogens with two attached hydrogens (primary N) is 1. The molecule has 1 aromatic rings. The molecule has 0 unspecified atom stereocenters. The second-order valence-corrected chi connectivity index (χ2v) is 4.75. The first kappa shape index (κ1) is 16.0. The number of benzene rings is 1. The van der Waals surface area contributed by atoms with E-state index in [0.717, 1.165) is 18.4 Å². The van der Waals surface area contributed by atoms with Crippen LogP contribution < -0.4 is 11.1 Å². The van der Waals surface area contributed by atoms with Crippen LogP contribution in [-0.4, -0.2) is 23.5 Å². The minimum absolute atomic E-state index is 0.00601. The summed E-state index contributed by atoms with van der Waals surface area (Å²) in [6, 6.07) is 7.53. The number of hydrogen-bond donors (Lipinski definition) is 3. The van der Waals surface area contributed by atoms with Crippen molar-refractivity contribution in [3.05, 3.63) is 29.8 Å². The Morgan fingerprint density at radius 2 is 1.85 bits per heavy atom. The molecule has 0 spiro atoms. The van der Waals surface area contributed by atoms with Crippen LogP contribution in [0.1, 0.15) is 37.7 Å². The van der Waals surface area contributed by atoms with Gasteiger partial charge in [0, 0.05) is 25.1 Å². The number of aliphatic carboxylic acids is 1. The van der Waals surface area contributed by atoms with Crippen LogP contribution in [0.25, 0.3) is 0 Å². The predicted molar refractivity (Wildman–Crippen MR) is 78.3 cm³/mol. The van der Waals surface area contributed by atoms with Crippen LogP contribution in [0.2, 0.25) is 0 Å². The number of carboxylic acids is 1. The number of carboxylic acid groups (broad SMARTS) is 1. The molecular formula is C15H22N2O3. The maximum absolute atomic E-state index is 11.6. The molecule has 0 bridgehead atoms. The number of carbonyl (C=O) groups is 2. The largest absolute Gasteiger partial charge is 0.481 e. The number of hydrogen-bond acceptors (Lipinski definition) is 3. The summed E-state index contributed by atoms with van der Waals surface area (Å²) < 4.78 is 0. The second-order valence-electron chi connectivity index (χ2n) is 4.75. The highest BCUT2D eigenvalue weighted by Crippen LogP contribution is 2.12. The average molecular weight is 278 g/mol. The third-order valence-corrected chi connectivity index (χ3v) is 3.07. The van der Waals surface area contributed by atoms with E-state index in [0.29, 0.717) is 31.5 Å². The zero-order valence-corrected chi connectivity index (χ0v) is 11.6. The maximum Gasteiger partial charge on any atom is 0.303 e. The van der Waals surface area contributed by atoms with Crippen molar-refractivity contribution < 1.29 is 14.7 Å². The van der Waals surface area contributed by atoms with Gasteiger partial charge in [-0.25, -0.2) is 0 Å². The summed E-state index contributed by atoms with van der Waals surface area (Å²) >= 11 is 0. The molecule has 0 heterocycles. The maximum atomic E-state index is 11.6. The third kappa shape index (κ3) is 6.78. The van der Waals surface area contributed by atoms with Crippen molar-refractivity contribution in [3.8, 4) is 0 Å². The molecular weight excluding hydrogens is 256 g/mol. The van der Waals surface area contributed by atoms with Crippen LogP contribution in [0.5, 0.6) is 0 Å². The van der Waals surface area contributed by atoms with E-state index in [1.807, 2.05) is 24.3 Å². The van der Waals surface area contributed by atoms with Gasteiger partial charge in [0.1, 0.15) is 0 Å². The van der Waals surface area contributed by atoms with Gasteiger partial charge in [0.25, 0.3) is 0 Å². The van der Waals surface area contributed by atoms with Gasteiger partial charge in [-0.2, -0.15) is 0 Å². The normalized spacial score (nSPS) is 10.2. The molecule has 110 valence electrons. The van der Waals surface area contributed by atoms with E-state index >= 15 is 0 Å². The summed E-state index contributed by atoms with van der Waals surface area (Å²) in [7, 11) is 0. The van der Waals surface area contributed by atoms with Crippen molar-refractivity contribution in [2.24, 2.45) is 0 Å². The smallest absolute Gasteiger partial charge is 0.303 e. The van der Waals surface area contributed by atoms with E-state index in [1.54, 1.807) is 0 Å². The molecule has 1 amide bonds. The monoisotopic (exact) mass is 278 g/mol. The van der Waals surface area contributed by atoms with Crippen molar-refractivity contribution in [2.75, 3.05) is 12.3 Å². The molecule has 0 aliphatic carbocycles. The molecule has 1 rings (SSSR count). The van der Waals surface area contributed by atoms with Crippen molar-refractivity contribution >= 4 is 17.6 Å². The number of nitrogen functional groups attached to an aromatic ring is 1. The number of unbranched alkanes of at least 4 members (excludes halogenated alkanes) is 2. The molecule has 0 aliphatic rings. The lowest BCUT2D eigenvalue weighted by Crippen LogP contribution is -2.24. The Kier molecular flexibility index (Phi) is 7.17. The van der Waals surface area contributed by atoms with E-state index in [-0.39, 0.29) is 12.3 Å². The van der Waals surface area contributed by atoms with E-state index in [4.69, 9.17) is 10.8 Å². The van der Waals surface area contributed by atoms with Crippen LogP contribution in [-0.2, 0) is 16.0 Å². The van der Waals surface area contributed by atoms with Gasteiger partial charge in [-0.3, -0.25) is 9.59 Å². The van der Waals surface area contributed by atoms with Gasteiger partial charge >= 0.3 is 5.97 Å². The van der Waals surface area contributed by atoms with E-state index in [1.165, 1.54) is 0 Å². The number of amides is 1. The zero-order valence-electron chi connectivity index (χ0n) is 11.6. The summed E-state index contributed by atoms with van der Waals surface area (Å²) in [6.07, 6.45) is 3.54. The van der Waals surface area contributed by atoms with Gasteiger partial charge in [0.15, 0.2) is 0 Å². The Morgan fingerprint density at radius 1 is 1.10 bits per heavy atom. The Labute approximate surface area is 119 Å². The third-order valence-electron chi connectivity index (χ3n) is 3.07.